The van der Waals surface area contributed by atoms with Gasteiger partial charge in [0.25, 0.3) is 5.91 Å². The summed E-state index contributed by atoms with van der Waals surface area (Å²) in [6, 6.07) is 4.30. The van der Waals surface area contributed by atoms with Gasteiger partial charge >= 0.3 is 6.03 Å². The number of ether oxygens (including phenoxy) is 1. The molecule has 6 N–H and O–H groups in total. The fourth-order valence-electron chi connectivity index (χ4n) is 1.38. The molecule has 18 heavy (non-hydrogen) atoms. The minimum Gasteiger partial charge on any atom is -0.495 e. The molecule has 0 aromatic heterocycles. The van der Waals surface area contributed by atoms with E-state index in [0.717, 1.165) is 0 Å². The fourth-order valence-corrected chi connectivity index (χ4v) is 1.38. The van der Waals surface area contributed by atoms with E-state index >= 15 is 0 Å². The van der Waals surface area contributed by atoms with E-state index in [2.05, 4.69) is 10.6 Å². The molecular weight excluding hydrogens is 236 g/mol. The van der Waals surface area contributed by atoms with E-state index in [1.165, 1.54) is 7.11 Å². The number of nitrogen functional groups attached to an aromatic ring is 1. The van der Waals surface area contributed by atoms with Gasteiger partial charge in [-0.1, -0.05) is 6.07 Å². The van der Waals surface area contributed by atoms with Gasteiger partial charge in [0.05, 0.1) is 18.4 Å². The Labute approximate surface area is 104 Å². The third-order valence-corrected chi connectivity index (χ3v) is 2.24. The van der Waals surface area contributed by atoms with Gasteiger partial charge in [-0.2, -0.15) is 0 Å². The average molecular weight is 252 g/mol. The number of nitrogens with one attached hydrogen (secondary N) is 2. The van der Waals surface area contributed by atoms with Gasteiger partial charge in [0.15, 0.2) is 0 Å². The van der Waals surface area contributed by atoms with Crippen LogP contribution in [0.3, 0.4) is 0 Å². The van der Waals surface area contributed by atoms with Crippen molar-refractivity contribution in [3.63, 3.8) is 0 Å². The predicted molar refractivity (Wildman–Crippen MR) is 67.3 cm³/mol. The lowest BCUT2D eigenvalue weighted by atomic mass is 10.1. The number of hydrogen-bond donors (Lipinski definition) is 4. The molecule has 0 aliphatic rings. The molecule has 1 rings (SSSR count). The van der Waals surface area contributed by atoms with Crippen molar-refractivity contribution in [3.05, 3.63) is 23.8 Å². The van der Waals surface area contributed by atoms with Crippen LogP contribution in [0.4, 0.5) is 10.5 Å². The Kier molecular flexibility index (Phi) is 4.79. The van der Waals surface area contributed by atoms with E-state index in [0.29, 0.717) is 11.3 Å². The summed E-state index contributed by atoms with van der Waals surface area (Å²) < 4.78 is 5.01. The number of carbonyl (C=O) groups excluding carboxylic acids is 2. The highest BCUT2D eigenvalue weighted by Gasteiger charge is 2.12. The first kappa shape index (κ1) is 13.6. The number of methoxy groups -OCH3 is 1. The number of amides is 3. The lowest BCUT2D eigenvalue weighted by Crippen LogP contribution is -2.37. The Morgan fingerprint density at radius 2 is 1.94 bits per heavy atom. The minimum absolute atomic E-state index is 0.255. The highest BCUT2D eigenvalue weighted by atomic mass is 16.5. The van der Waals surface area contributed by atoms with Gasteiger partial charge in [0, 0.05) is 13.1 Å². The highest BCUT2D eigenvalue weighted by molar-refractivity contribution is 6.00. The van der Waals surface area contributed by atoms with E-state index in [9.17, 15) is 9.59 Å². The van der Waals surface area contributed by atoms with Gasteiger partial charge in [-0.15, -0.1) is 0 Å². The van der Waals surface area contributed by atoms with Crippen LogP contribution in [-0.4, -0.2) is 32.1 Å². The summed E-state index contributed by atoms with van der Waals surface area (Å²) in [7, 11) is 1.48. The van der Waals surface area contributed by atoms with Crippen LogP contribution < -0.4 is 26.8 Å². The Morgan fingerprint density at radius 3 is 2.56 bits per heavy atom. The summed E-state index contributed by atoms with van der Waals surface area (Å²) in [6.45, 7) is 0.517. The number of carbonyl (C=O) groups is 2. The second-order valence-corrected chi connectivity index (χ2v) is 3.47. The second kappa shape index (κ2) is 6.33. The molecule has 3 amide bonds. The molecule has 0 bridgehead atoms. The summed E-state index contributed by atoms with van der Waals surface area (Å²) in [5.41, 5.74) is 11.3. The predicted octanol–water partition coefficient (Wildman–Crippen LogP) is -0.324. The maximum Gasteiger partial charge on any atom is 0.312 e. The molecule has 0 spiro atoms. The minimum atomic E-state index is -0.634. The van der Waals surface area contributed by atoms with Crippen molar-refractivity contribution in [2.75, 3.05) is 25.9 Å². The molecule has 1 aromatic rings. The van der Waals surface area contributed by atoms with Gasteiger partial charge in [-0.05, 0) is 12.1 Å². The normalized spacial score (nSPS) is 9.61. The smallest absolute Gasteiger partial charge is 0.312 e. The van der Waals surface area contributed by atoms with E-state index in [-0.39, 0.29) is 24.7 Å². The third-order valence-electron chi connectivity index (χ3n) is 2.24. The number of nitrogens with two attached hydrogens (primary N) is 2. The van der Waals surface area contributed by atoms with Crippen molar-refractivity contribution in [3.8, 4) is 5.75 Å². The highest BCUT2D eigenvalue weighted by Crippen LogP contribution is 2.24. The molecule has 0 aliphatic heterocycles. The second-order valence-electron chi connectivity index (χ2n) is 3.47. The summed E-state index contributed by atoms with van der Waals surface area (Å²) in [5, 5.41) is 4.96. The molecule has 0 radical (unpaired) electrons. The van der Waals surface area contributed by atoms with E-state index in [1.54, 1.807) is 18.2 Å². The van der Waals surface area contributed by atoms with E-state index < -0.39 is 6.03 Å². The standard InChI is InChI=1S/C11H16N4O3/c1-18-8-4-2-3-7(9(8)12)10(16)14-5-6-15-11(13)17/h2-4H,5-6,12H2,1H3,(H,14,16)(H3,13,15,17). The molecule has 1 aromatic carbocycles. The van der Waals surface area contributed by atoms with E-state index in [4.69, 9.17) is 16.2 Å². The molecule has 98 valence electrons. The van der Waals surface area contributed by atoms with Crippen molar-refractivity contribution >= 4 is 17.6 Å². The van der Waals surface area contributed by atoms with Crippen molar-refractivity contribution < 1.29 is 14.3 Å². The van der Waals surface area contributed by atoms with E-state index in [1.807, 2.05) is 0 Å². The van der Waals surface area contributed by atoms with Crippen LogP contribution in [0.15, 0.2) is 18.2 Å². The monoisotopic (exact) mass is 252 g/mol. The molecule has 0 atom stereocenters. The molecular formula is C11H16N4O3. The zero-order valence-electron chi connectivity index (χ0n) is 10.0. The van der Waals surface area contributed by atoms with Crippen LogP contribution >= 0.6 is 0 Å². The number of hydrogen-bond acceptors (Lipinski definition) is 4. The van der Waals surface area contributed by atoms with Crippen LogP contribution in [-0.2, 0) is 0 Å². The van der Waals surface area contributed by atoms with Gasteiger partial charge < -0.3 is 26.8 Å². The number of rotatable bonds is 5. The van der Waals surface area contributed by atoms with Crippen molar-refractivity contribution in [2.45, 2.75) is 0 Å². The summed E-state index contributed by atoms with van der Waals surface area (Å²) in [6.07, 6.45) is 0. The first-order valence-corrected chi connectivity index (χ1v) is 5.30. The van der Waals surface area contributed by atoms with Crippen LogP contribution in [0, 0.1) is 0 Å². The lowest BCUT2D eigenvalue weighted by molar-refractivity contribution is 0.0954. The quantitative estimate of drug-likeness (QED) is 0.424. The molecule has 0 saturated heterocycles. The number of urea groups is 1. The molecule has 7 heteroatoms. The van der Waals surface area contributed by atoms with Crippen LogP contribution in [0.25, 0.3) is 0 Å². The number of para-hydroxylation sites is 1. The summed E-state index contributed by atoms with van der Waals surface area (Å²) >= 11 is 0. The number of benzene rings is 1. The molecule has 7 nitrogen and oxygen atoms in total. The Bertz CT molecular complexity index is 448. The third kappa shape index (κ3) is 3.55. The van der Waals surface area contributed by atoms with Crippen LogP contribution in [0.5, 0.6) is 5.75 Å². The molecule has 0 aliphatic carbocycles. The lowest BCUT2D eigenvalue weighted by Gasteiger charge is -2.10. The van der Waals surface area contributed by atoms with Gasteiger partial charge in [-0.3, -0.25) is 4.79 Å². The van der Waals surface area contributed by atoms with Crippen LogP contribution in [0.1, 0.15) is 10.4 Å². The van der Waals surface area contributed by atoms with Crippen LogP contribution in [0.2, 0.25) is 0 Å². The number of primary amides is 1. The SMILES string of the molecule is COc1cccc(C(=O)NCCNC(N)=O)c1N. The largest absolute Gasteiger partial charge is 0.495 e. The van der Waals surface area contributed by atoms with Crippen molar-refractivity contribution in [1.29, 1.82) is 0 Å². The first-order valence-electron chi connectivity index (χ1n) is 5.30. The molecule has 0 heterocycles. The summed E-state index contributed by atoms with van der Waals surface area (Å²) in [5.74, 6) is 0.107. The number of anilines is 1. The zero-order chi connectivity index (χ0) is 13.5. The average Bonchev–Trinajstić information content (AvgIpc) is 2.34. The maximum absolute atomic E-state index is 11.8. The fraction of sp³-hybridized carbons (Fsp3) is 0.273. The first-order chi connectivity index (χ1) is 8.56. The Balaban J connectivity index is 2.59. The molecule has 0 saturated carbocycles. The molecule has 0 fully saturated rings. The Morgan fingerprint density at radius 1 is 1.28 bits per heavy atom. The van der Waals surface area contributed by atoms with Crippen molar-refractivity contribution in [1.82, 2.24) is 10.6 Å². The summed E-state index contributed by atoms with van der Waals surface area (Å²) in [4.78, 5) is 22.2. The van der Waals surface area contributed by atoms with Crippen molar-refractivity contribution in [2.24, 2.45) is 5.73 Å². The van der Waals surface area contributed by atoms with Gasteiger partial charge in [-0.25, -0.2) is 4.79 Å². The zero-order valence-corrected chi connectivity index (χ0v) is 10.0. The maximum atomic E-state index is 11.8. The Hall–Kier alpha value is -2.44. The molecule has 0 unspecified atom stereocenters. The van der Waals surface area contributed by atoms with Gasteiger partial charge in [0.1, 0.15) is 5.75 Å². The topological polar surface area (TPSA) is 119 Å². The van der Waals surface area contributed by atoms with Gasteiger partial charge in [0.2, 0.25) is 0 Å².